The van der Waals surface area contributed by atoms with E-state index in [1.807, 2.05) is 24.3 Å². The molecule has 0 amide bonds. The van der Waals surface area contributed by atoms with Crippen LogP contribution in [0.25, 0.3) is 0 Å². The van der Waals surface area contributed by atoms with E-state index < -0.39 is 0 Å². The molecule has 19 heavy (non-hydrogen) atoms. The number of aromatic nitrogens is 1. The van der Waals surface area contributed by atoms with Gasteiger partial charge in [0.15, 0.2) is 5.84 Å². The van der Waals surface area contributed by atoms with E-state index >= 15 is 0 Å². The van der Waals surface area contributed by atoms with E-state index in [1.54, 1.807) is 25.4 Å². The normalized spacial score (nSPS) is 11.3. The zero-order chi connectivity index (χ0) is 13.7. The van der Waals surface area contributed by atoms with Gasteiger partial charge in [-0.2, -0.15) is 0 Å². The molecule has 0 unspecified atom stereocenters. The lowest BCUT2D eigenvalue weighted by molar-refractivity contribution is 0.318. The van der Waals surface area contributed by atoms with E-state index in [0.29, 0.717) is 5.56 Å². The maximum Gasteiger partial charge on any atom is 0.170 e. The molecule has 0 fully saturated rings. The molecule has 0 bridgehead atoms. The number of rotatable bonds is 4. The van der Waals surface area contributed by atoms with Crippen molar-refractivity contribution in [2.24, 2.45) is 10.9 Å². The maximum absolute atomic E-state index is 8.67. The van der Waals surface area contributed by atoms with Crippen molar-refractivity contribution in [2.75, 3.05) is 7.11 Å². The van der Waals surface area contributed by atoms with Gasteiger partial charge in [0.05, 0.1) is 12.0 Å². The first-order valence-electron chi connectivity index (χ1n) is 5.49. The minimum atomic E-state index is 0.0595. The van der Waals surface area contributed by atoms with Crippen molar-refractivity contribution in [2.45, 2.75) is 9.92 Å². The molecule has 5 nitrogen and oxygen atoms in total. The summed E-state index contributed by atoms with van der Waals surface area (Å²) in [6, 6.07) is 11.1. The number of nitrogens with two attached hydrogens (primary N) is 1. The van der Waals surface area contributed by atoms with Crippen molar-refractivity contribution >= 4 is 17.6 Å². The lowest BCUT2D eigenvalue weighted by Gasteiger charge is -2.07. The van der Waals surface area contributed by atoms with Crippen LogP contribution in [0.5, 0.6) is 5.75 Å². The van der Waals surface area contributed by atoms with Crippen molar-refractivity contribution in [3.63, 3.8) is 0 Å². The Bertz CT molecular complexity index is 602. The summed E-state index contributed by atoms with van der Waals surface area (Å²) >= 11 is 1.45. The van der Waals surface area contributed by atoms with Crippen molar-refractivity contribution in [3.8, 4) is 5.75 Å². The van der Waals surface area contributed by atoms with Crippen molar-refractivity contribution in [3.05, 3.63) is 48.2 Å². The molecule has 1 aromatic carbocycles. The highest BCUT2D eigenvalue weighted by Gasteiger charge is 2.07. The number of oxime groups is 1. The second kappa shape index (κ2) is 6.10. The molecule has 0 aliphatic heterocycles. The number of benzene rings is 1. The molecule has 0 aliphatic carbocycles. The predicted octanol–water partition coefficient (Wildman–Crippen LogP) is 2.34. The first-order valence-corrected chi connectivity index (χ1v) is 6.31. The van der Waals surface area contributed by atoms with Crippen LogP contribution >= 0.6 is 11.8 Å². The molecule has 0 atom stereocenters. The standard InChI is InChI=1S/C13H13N3O2S/c1-18-10-4-2-3-5-11(10)19-12-8-9(6-7-15-12)13(14)16-17/h2-8,17H,1H3,(H2,14,16). The number of pyridine rings is 1. The molecule has 0 radical (unpaired) electrons. The first-order chi connectivity index (χ1) is 9.24. The molecule has 2 rings (SSSR count). The predicted molar refractivity (Wildman–Crippen MR) is 73.9 cm³/mol. The van der Waals surface area contributed by atoms with Gasteiger partial charge in [0, 0.05) is 11.8 Å². The molecule has 0 spiro atoms. The lowest BCUT2D eigenvalue weighted by Crippen LogP contribution is -2.13. The Morgan fingerprint density at radius 1 is 1.37 bits per heavy atom. The van der Waals surface area contributed by atoms with Gasteiger partial charge in [-0.1, -0.05) is 29.1 Å². The van der Waals surface area contributed by atoms with Crippen LogP contribution in [0.1, 0.15) is 5.56 Å². The number of ether oxygens (including phenoxy) is 1. The molecule has 2 aromatic rings. The van der Waals surface area contributed by atoms with E-state index in [9.17, 15) is 0 Å². The monoisotopic (exact) mass is 275 g/mol. The molecule has 1 aromatic heterocycles. The van der Waals surface area contributed by atoms with Gasteiger partial charge in [0.2, 0.25) is 0 Å². The van der Waals surface area contributed by atoms with E-state index in [0.717, 1.165) is 15.7 Å². The topological polar surface area (TPSA) is 80.7 Å². The summed E-state index contributed by atoms with van der Waals surface area (Å²) in [5.74, 6) is 0.841. The van der Waals surface area contributed by atoms with Crippen LogP contribution in [0.15, 0.2) is 57.7 Å². The molecule has 3 N–H and O–H groups in total. The number of amidine groups is 1. The molecule has 0 saturated heterocycles. The molecule has 6 heteroatoms. The van der Waals surface area contributed by atoms with Gasteiger partial charge in [-0.05, 0) is 24.3 Å². The highest BCUT2D eigenvalue weighted by Crippen LogP contribution is 2.33. The van der Waals surface area contributed by atoms with Crippen LogP contribution in [0.2, 0.25) is 0 Å². The second-order valence-corrected chi connectivity index (χ2v) is 4.68. The number of nitrogens with zero attached hydrogens (tertiary/aromatic N) is 2. The van der Waals surface area contributed by atoms with Crippen LogP contribution in [-0.4, -0.2) is 23.1 Å². The van der Waals surface area contributed by atoms with E-state index in [2.05, 4.69) is 10.1 Å². The van der Waals surface area contributed by atoms with Gasteiger partial charge in [-0.25, -0.2) is 4.98 Å². The van der Waals surface area contributed by atoms with Gasteiger partial charge in [0.1, 0.15) is 10.8 Å². The van der Waals surface area contributed by atoms with E-state index in [4.69, 9.17) is 15.7 Å². The second-order valence-electron chi connectivity index (χ2n) is 3.62. The van der Waals surface area contributed by atoms with Crippen LogP contribution in [0.3, 0.4) is 0 Å². The highest BCUT2D eigenvalue weighted by atomic mass is 32.2. The fourth-order valence-electron chi connectivity index (χ4n) is 1.50. The third-order valence-electron chi connectivity index (χ3n) is 2.42. The fourth-order valence-corrected chi connectivity index (χ4v) is 2.42. The lowest BCUT2D eigenvalue weighted by atomic mass is 10.2. The Morgan fingerprint density at radius 3 is 2.89 bits per heavy atom. The summed E-state index contributed by atoms with van der Waals surface area (Å²) in [5.41, 5.74) is 6.17. The fraction of sp³-hybridized carbons (Fsp3) is 0.0769. The minimum Gasteiger partial charge on any atom is -0.496 e. The highest BCUT2D eigenvalue weighted by molar-refractivity contribution is 7.99. The largest absolute Gasteiger partial charge is 0.496 e. The third-order valence-corrected chi connectivity index (χ3v) is 3.41. The zero-order valence-corrected chi connectivity index (χ0v) is 11.1. The Hall–Kier alpha value is -2.21. The summed E-state index contributed by atoms with van der Waals surface area (Å²) in [6.45, 7) is 0. The number of methoxy groups -OCH3 is 1. The van der Waals surface area contributed by atoms with Gasteiger partial charge in [-0.15, -0.1) is 0 Å². The number of hydrogen-bond donors (Lipinski definition) is 2. The van der Waals surface area contributed by atoms with Gasteiger partial charge in [0.25, 0.3) is 0 Å². The molecule has 98 valence electrons. The Balaban J connectivity index is 2.28. The average Bonchev–Trinajstić information content (AvgIpc) is 2.47. The Kier molecular flexibility index (Phi) is 4.25. The maximum atomic E-state index is 8.67. The number of hydrogen-bond acceptors (Lipinski definition) is 5. The molecule has 1 heterocycles. The smallest absolute Gasteiger partial charge is 0.170 e. The molecular formula is C13H13N3O2S. The van der Waals surface area contributed by atoms with Gasteiger partial charge >= 0.3 is 0 Å². The first kappa shape index (κ1) is 13.2. The van der Waals surface area contributed by atoms with Gasteiger partial charge < -0.3 is 15.7 Å². The molecular weight excluding hydrogens is 262 g/mol. The summed E-state index contributed by atoms with van der Waals surface area (Å²) in [5, 5.41) is 12.4. The van der Waals surface area contributed by atoms with Crippen molar-refractivity contribution in [1.82, 2.24) is 4.98 Å². The van der Waals surface area contributed by atoms with Crippen molar-refractivity contribution < 1.29 is 9.94 Å². The summed E-state index contributed by atoms with van der Waals surface area (Å²) in [7, 11) is 1.62. The molecule has 0 aliphatic rings. The van der Waals surface area contributed by atoms with Crippen LogP contribution in [0.4, 0.5) is 0 Å². The Morgan fingerprint density at radius 2 is 2.16 bits per heavy atom. The van der Waals surface area contributed by atoms with Gasteiger partial charge in [-0.3, -0.25) is 0 Å². The quantitative estimate of drug-likeness (QED) is 0.387. The summed E-state index contributed by atoms with van der Waals surface area (Å²) < 4.78 is 5.28. The molecule has 0 saturated carbocycles. The zero-order valence-electron chi connectivity index (χ0n) is 10.3. The van der Waals surface area contributed by atoms with Crippen LogP contribution in [-0.2, 0) is 0 Å². The Labute approximate surface area is 115 Å². The number of para-hydroxylation sites is 1. The van der Waals surface area contributed by atoms with Crippen LogP contribution in [0, 0.1) is 0 Å². The minimum absolute atomic E-state index is 0.0595. The van der Waals surface area contributed by atoms with Crippen LogP contribution < -0.4 is 10.5 Å². The van der Waals surface area contributed by atoms with E-state index in [-0.39, 0.29) is 5.84 Å². The van der Waals surface area contributed by atoms with Crippen molar-refractivity contribution in [1.29, 1.82) is 0 Å². The van der Waals surface area contributed by atoms with E-state index in [1.165, 1.54) is 11.8 Å². The summed E-state index contributed by atoms with van der Waals surface area (Å²) in [6.07, 6.45) is 1.62. The summed E-state index contributed by atoms with van der Waals surface area (Å²) in [4.78, 5) is 5.19. The average molecular weight is 275 g/mol. The third kappa shape index (κ3) is 3.17. The SMILES string of the molecule is COc1ccccc1Sc1cc(C(N)=NO)ccn1.